The van der Waals surface area contributed by atoms with E-state index in [9.17, 15) is 58.8 Å². The van der Waals surface area contributed by atoms with Gasteiger partial charge in [0.1, 0.15) is 34.0 Å². The number of anilines is 4. The number of aliphatic hydroxyl groups is 1. The number of rotatable bonds is 23. The molecule has 8 aromatic carbocycles. The molecule has 11 aromatic rings. The molecule has 1 aliphatic carbocycles. The van der Waals surface area contributed by atoms with E-state index in [2.05, 4.69) is 85.2 Å². The Bertz CT molecular complexity index is 6480. The molecule has 8 heterocycles. The number of benzene rings is 8. The molecule has 0 radical (unpaired) electrons. The minimum absolute atomic E-state index is 0.0108. The van der Waals surface area contributed by atoms with Crippen molar-refractivity contribution in [3.05, 3.63) is 327 Å². The zero-order valence-corrected chi connectivity index (χ0v) is 78.3. The Hall–Kier alpha value is -15.5. The molecule has 1 spiro atoms. The number of allylic oxidation sites excluding steroid dienone is 2. The Morgan fingerprint density at radius 3 is 2.21 bits per heavy atom. The number of carbonyl (C=O) groups excluding carboxylic acids is 8. The van der Waals surface area contributed by atoms with Crippen LogP contribution in [-0.4, -0.2) is 137 Å². The first-order valence-corrected chi connectivity index (χ1v) is 45.6. The van der Waals surface area contributed by atoms with Crippen LogP contribution >= 0.6 is 39.0 Å². The van der Waals surface area contributed by atoms with Crippen molar-refractivity contribution in [2.75, 3.05) is 67.3 Å². The van der Waals surface area contributed by atoms with Crippen LogP contribution in [0, 0.1) is 41.2 Å². The molecule has 5 unspecified atom stereocenters. The second-order valence-electron chi connectivity index (χ2n) is 31.5. The van der Waals surface area contributed by atoms with Crippen LogP contribution in [0.25, 0.3) is 11.3 Å². The van der Waals surface area contributed by atoms with Gasteiger partial charge in [-0.25, -0.2) is 15.6 Å². The number of halogens is 1. The monoisotopic (exact) mass is 1940 g/mol. The van der Waals surface area contributed by atoms with Crippen molar-refractivity contribution in [2.45, 2.75) is 96.9 Å². The number of hydrazone groups is 2. The summed E-state index contributed by atoms with van der Waals surface area (Å²) in [4.78, 5) is 113. The van der Waals surface area contributed by atoms with Crippen LogP contribution < -0.4 is 67.4 Å². The Kier molecular flexibility index (Phi) is 32.3. The minimum atomic E-state index is -1.69. The van der Waals surface area contributed by atoms with E-state index >= 15 is 0 Å². The summed E-state index contributed by atoms with van der Waals surface area (Å²) in [5, 5.41) is 66.8. The second-order valence-corrected chi connectivity index (χ2v) is 34.4. The van der Waals surface area contributed by atoms with Gasteiger partial charge < -0.3 is 80.5 Å². The maximum absolute atomic E-state index is 13.6. The molecule has 136 heavy (non-hydrogen) atoms. The normalized spacial score (nSPS) is 18.0. The number of fused-ring (bicyclic) bond motifs is 4. The van der Waals surface area contributed by atoms with Gasteiger partial charge in [-0.1, -0.05) is 87.9 Å². The van der Waals surface area contributed by atoms with Gasteiger partial charge in [0.15, 0.2) is 28.7 Å². The number of thioether (sulfide) groups is 1. The molecular weight excluding hydrogens is 1850 g/mol. The number of methoxy groups -OCH3 is 1. The molecule has 1 saturated heterocycles. The molecule has 12 N–H and O–H groups in total. The number of amides is 7. The predicted octanol–water partition coefficient (Wildman–Crippen LogP) is 15.8. The summed E-state index contributed by atoms with van der Waals surface area (Å²) in [6.45, 7) is 14.2. The van der Waals surface area contributed by atoms with Crippen molar-refractivity contribution in [3.8, 4) is 40.3 Å². The van der Waals surface area contributed by atoms with Crippen molar-refractivity contribution in [3.63, 3.8) is 0 Å². The first-order valence-electron chi connectivity index (χ1n) is 43.0. The first kappa shape index (κ1) is 98.0. The van der Waals surface area contributed by atoms with Gasteiger partial charge >= 0.3 is 5.97 Å². The highest BCUT2D eigenvalue weighted by Gasteiger charge is 2.59. The lowest BCUT2D eigenvalue weighted by Gasteiger charge is -2.43. The number of ether oxygens (including phenoxy) is 6. The fourth-order valence-corrected chi connectivity index (χ4v) is 18.0. The van der Waals surface area contributed by atoms with E-state index in [-0.39, 0.29) is 71.5 Å². The van der Waals surface area contributed by atoms with E-state index in [0.717, 1.165) is 97.1 Å². The zero-order chi connectivity index (χ0) is 96.8. The Morgan fingerprint density at radius 1 is 0.772 bits per heavy atom. The van der Waals surface area contributed by atoms with Crippen LogP contribution in [0.15, 0.2) is 276 Å². The molecule has 37 heteroatoms. The average molecular weight is 1940 g/mol. The molecule has 5 atom stereocenters. The van der Waals surface area contributed by atoms with Crippen molar-refractivity contribution >= 4 is 127 Å². The Morgan fingerprint density at radius 2 is 1.50 bits per heavy atom. The summed E-state index contributed by atoms with van der Waals surface area (Å²) >= 11 is 5.90. The quantitative estimate of drug-likeness (QED) is 0.0123. The molecule has 17 rings (SSSR count). The summed E-state index contributed by atoms with van der Waals surface area (Å²) in [6.07, 6.45) is 8.04. The third-order valence-corrected chi connectivity index (χ3v) is 24.9. The number of nitrogens with one attached hydrogen (secondary N) is 9. The number of nitrogens with two attached hydrogens (primary N) is 1. The van der Waals surface area contributed by atoms with Gasteiger partial charge in [-0.15, -0.1) is 11.3 Å². The van der Waals surface area contributed by atoms with Crippen LogP contribution in [0.4, 0.5) is 28.4 Å². The predicted molar refractivity (Wildman–Crippen MR) is 518 cm³/mol. The van der Waals surface area contributed by atoms with Crippen LogP contribution in [0.1, 0.15) is 136 Å². The third kappa shape index (κ3) is 23.2. The number of nitrogens with zero attached hydrogens (tertiary/aromatic N) is 6. The van der Waals surface area contributed by atoms with Gasteiger partial charge in [0, 0.05) is 97.1 Å². The standard InChI is InChI=1S/C27H25BrN4O3S2.C23H19N3O4.C19H21N3O3.C18H18N4O4.C12H14N2O4/c1-16-6-3-4-7-20(16)31-25(34)24-23(21-8-5-13-36-21)19(14-29)26(32-27(24,2)35)37-15-22(33)30-18-11-9-17(28)10-12-18;1-15-3-2-4-18(11-15)22(27)25-19-8-6-17(7-9-19)23(28)26-24-13-16-5-10-20-21(12-16)30-14-29-20;1-2-25-17(23)15-16(20)21-13-9-5-3-7-11(13)19(15)12-8-4-6-10-14(12)22-18(19)24;1-3-25-16-7-6-12(9-17(16)24-2)14-10-15(21-20-14)18(23)22-19-11-13-5-4-8-26-13;1-9(15)13-7-8-18-12(13,2)10-3-5-11(6-4-10)14(16)17/h3-13,23-24,32,35H,15H2,1-2H3,(H,30,33)(H,31,34);2-13H,14H2,1H3,(H,25,27)(H,26,28);4,6,8,10,21H,2-3,5,7,9,20H2,1H3,(H,22,24);4-11H,3H2,1-2H3,(H,20,21)(H,22,23);3-6H,7-8H2,1-2H3/b;24-13+;;19-11+;. The van der Waals surface area contributed by atoms with Gasteiger partial charge in [-0.3, -0.25) is 48.8 Å². The SMILES string of the molecule is CC(=O)N1CCOC1(C)c1ccc([N+](=O)[O-])cc1.CCOC(=O)C1=C(N)NC2=C(CCCC2)C12C(=O)Nc1ccccc12.CCOc1ccc(-c2cc(C(=O)N/N=C/c3ccco3)[nH]n2)cc1OC.Cc1cccc(C(=O)Nc2ccc(C(=O)N/N=C/c3ccc4c(c3)OCO4)cc2)c1.Cc1ccccc1NC(=O)C1C(c2cccs2)C(C#N)=C(SCC(=O)Nc2ccc(Br)cc2)NC1(C)O. The topological polar surface area (TPSA) is 471 Å². The Labute approximate surface area is 798 Å². The van der Waals surface area contributed by atoms with Gasteiger partial charge in [0.25, 0.3) is 23.4 Å². The highest BCUT2D eigenvalue weighted by atomic mass is 79.9. The maximum atomic E-state index is 13.6. The number of aromatic amines is 1. The number of H-pyrrole nitrogens is 1. The number of hydrogen-bond acceptors (Lipinski definition) is 27. The number of esters is 1. The summed E-state index contributed by atoms with van der Waals surface area (Å²) in [7, 11) is 1.57. The number of nitro benzene ring substituents is 1. The van der Waals surface area contributed by atoms with E-state index < -0.39 is 51.4 Å². The van der Waals surface area contributed by atoms with E-state index in [0.29, 0.717) is 93.0 Å². The number of thiophene rings is 1. The summed E-state index contributed by atoms with van der Waals surface area (Å²) < 4.78 is 38.3. The lowest BCUT2D eigenvalue weighted by atomic mass is 9.64. The van der Waals surface area contributed by atoms with Crippen molar-refractivity contribution in [1.82, 2.24) is 36.6 Å². The lowest BCUT2D eigenvalue weighted by molar-refractivity contribution is -0.384. The Balaban J connectivity index is 0.000000146. The molecule has 700 valence electrons. The number of aromatic nitrogens is 2. The number of hydrogen-bond donors (Lipinski definition) is 11. The van der Waals surface area contributed by atoms with Crippen LogP contribution in [-0.2, 0) is 44.6 Å². The molecule has 5 aliphatic heterocycles. The highest BCUT2D eigenvalue weighted by Crippen LogP contribution is 2.54. The van der Waals surface area contributed by atoms with Crippen molar-refractivity contribution in [1.29, 1.82) is 5.26 Å². The van der Waals surface area contributed by atoms with E-state index in [4.69, 9.17) is 38.6 Å². The molecule has 3 aromatic heterocycles. The molecule has 0 saturated carbocycles. The first-order chi connectivity index (χ1) is 65.5. The van der Waals surface area contributed by atoms with E-state index in [1.54, 1.807) is 129 Å². The molecular formula is C99H97BrN16O18S2. The smallest absolute Gasteiger partial charge is 0.339 e. The van der Waals surface area contributed by atoms with Crippen molar-refractivity contribution in [2.24, 2.45) is 21.9 Å². The number of aryl methyl sites for hydroxylation is 2. The molecule has 6 aliphatic rings. The fraction of sp³-hybridized carbons (Fsp3) is 0.232. The van der Waals surface area contributed by atoms with Crippen LogP contribution in [0.5, 0.6) is 23.0 Å². The maximum Gasteiger partial charge on any atom is 0.339 e. The second kappa shape index (κ2) is 44.8. The van der Waals surface area contributed by atoms with Crippen LogP contribution in [0.2, 0.25) is 0 Å². The number of nitriles is 1. The van der Waals surface area contributed by atoms with Crippen molar-refractivity contribution < 1.29 is 81.2 Å². The lowest BCUT2D eigenvalue weighted by Crippen LogP contribution is -2.57. The molecule has 7 amide bonds. The summed E-state index contributed by atoms with van der Waals surface area (Å²) in [5.74, 6) is -0.832. The average Bonchev–Trinajstić information content (AvgIpc) is 1.53. The van der Waals surface area contributed by atoms with E-state index in [1.165, 1.54) is 56.0 Å². The number of non-ortho nitro benzene ring substituents is 1. The fourth-order valence-electron chi connectivity index (χ4n) is 15.9. The van der Waals surface area contributed by atoms with Gasteiger partial charge in [-0.2, -0.15) is 20.6 Å². The number of nitro groups is 1. The van der Waals surface area contributed by atoms with Crippen LogP contribution in [0.3, 0.4) is 0 Å². The number of dihydropyridines is 1. The van der Waals surface area contributed by atoms with Gasteiger partial charge in [-0.05, 0) is 235 Å². The summed E-state index contributed by atoms with van der Waals surface area (Å²) in [5.41, 5.74) is 19.3. The number of carbonyl (C=O) groups is 8. The van der Waals surface area contributed by atoms with E-state index in [1.807, 2.05) is 123 Å². The largest absolute Gasteiger partial charge is 0.493 e. The highest BCUT2D eigenvalue weighted by molar-refractivity contribution is 9.10. The minimum Gasteiger partial charge on any atom is -0.493 e. The van der Waals surface area contributed by atoms with Gasteiger partial charge in [0.05, 0.1) is 84.6 Å². The summed E-state index contributed by atoms with van der Waals surface area (Å²) in [6, 6.07) is 64.0. The third-order valence-electron chi connectivity index (χ3n) is 22.4. The molecule has 1 fully saturated rings. The number of para-hydroxylation sites is 2. The molecule has 0 bridgehead atoms. The molecule has 34 nitrogen and oxygen atoms in total. The number of furan rings is 1. The van der Waals surface area contributed by atoms with Gasteiger partial charge in [0.2, 0.25) is 30.4 Å². The zero-order valence-electron chi connectivity index (χ0n) is 75.1.